The van der Waals surface area contributed by atoms with Crippen molar-refractivity contribution in [2.24, 2.45) is 5.16 Å². The molecule has 0 bridgehead atoms. The third-order valence-corrected chi connectivity index (χ3v) is 2.42. The minimum absolute atomic E-state index is 0.0323. The number of aromatic hydroxyl groups is 1. The van der Waals surface area contributed by atoms with Crippen LogP contribution in [-0.2, 0) is 0 Å². The molecule has 2 aromatic carbocycles. The van der Waals surface area contributed by atoms with Gasteiger partial charge in [0.1, 0.15) is 5.75 Å². The van der Waals surface area contributed by atoms with Gasteiger partial charge in [0.25, 0.3) is 5.69 Å². The highest BCUT2D eigenvalue weighted by Gasteiger charge is 2.10. The summed E-state index contributed by atoms with van der Waals surface area (Å²) >= 11 is 0. The third kappa shape index (κ3) is 1.87. The summed E-state index contributed by atoms with van der Waals surface area (Å²) in [6.45, 7) is 0. The quantitative estimate of drug-likeness (QED) is 0.359. The van der Waals surface area contributed by atoms with Gasteiger partial charge in [-0.05, 0) is 22.9 Å². The van der Waals surface area contributed by atoms with Crippen molar-refractivity contribution < 1.29 is 15.2 Å². The number of hydrogen-bond acceptors (Lipinski definition) is 5. The second kappa shape index (κ2) is 4.09. The Bertz CT molecular complexity index is 622. The maximum atomic E-state index is 10.6. The van der Waals surface area contributed by atoms with Crippen molar-refractivity contribution in [1.29, 1.82) is 0 Å². The van der Waals surface area contributed by atoms with Crippen LogP contribution in [-0.4, -0.2) is 21.5 Å². The van der Waals surface area contributed by atoms with E-state index in [1.54, 1.807) is 6.07 Å². The van der Waals surface area contributed by atoms with Crippen LogP contribution in [0.5, 0.6) is 5.75 Å². The number of benzene rings is 2. The zero-order chi connectivity index (χ0) is 12.4. The molecule has 0 amide bonds. The normalized spacial score (nSPS) is 11.1. The van der Waals surface area contributed by atoms with Gasteiger partial charge in [0.05, 0.1) is 11.1 Å². The Kier molecular flexibility index (Phi) is 2.61. The van der Waals surface area contributed by atoms with E-state index in [1.165, 1.54) is 24.3 Å². The summed E-state index contributed by atoms with van der Waals surface area (Å²) < 4.78 is 0. The first-order chi connectivity index (χ1) is 8.13. The van der Waals surface area contributed by atoms with Crippen LogP contribution in [0.4, 0.5) is 5.69 Å². The third-order valence-electron chi connectivity index (χ3n) is 2.42. The van der Waals surface area contributed by atoms with Crippen LogP contribution in [0.25, 0.3) is 10.8 Å². The molecule has 0 heterocycles. The van der Waals surface area contributed by atoms with Crippen LogP contribution in [0, 0.1) is 10.1 Å². The zero-order valence-electron chi connectivity index (χ0n) is 8.57. The van der Waals surface area contributed by atoms with E-state index in [0.717, 1.165) is 6.21 Å². The summed E-state index contributed by atoms with van der Waals surface area (Å²) in [5.41, 5.74) is 0.287. The number of nitro benzene ring substituents is 1. The topological polar surface area (TPSA) is 96.0 Å². The number of nitro groups is 1. The Hall–Kier alpha value is -2.63. The number of rotatable bonds is 2. The van der Waals surface area contributed by atoms with E-state index in [4.69, 9.17) is 5.21 Å². The lowest BCUT2D eigenvalue weighted by Gasteiger charge is -2.04. The molecular weight excluding hydrogens is 224 g/mol. The molecule has 6 heteroatoms. The molecule has 6 nitrogen and oxygen atoms in total. The highest BCUT2D eigenvalue weighted by Crippen LogP contribution is 2.28. The first kappa shape index (κ1) is 10.9. The molecule has 0 aliphatic rings. The maximum absolute atomic E-state index is 10.6. The maximum Gasteiger partial charge on any atom is 0.270 e. The summed E-state index contributed by atoms with van der Waals surface area (Å²) in [5, 5.41) is 32.7. The van der Waals surface area contributed by atoms with Crippen molar-refractivity contribution in [3.8, 4) is 5.75 Å². The largest absolute Gasteiger partial charge is 0.507 e. The number of hydrogen-bond donors (Lipinski definition) is 2. The van der Waals surface area contributed by atoms with Gasteiger partial charge in [0.15, 0.2) is 0 Å². The summed E-state index contributed by atoms with van der Waals surface area (Å²) in [6, 6.07) is 7.18. The zero-order valence-corrected chi connectivity index (χ0v) is 8.57. The fraction of sp³-hybridized carbons (Fsp3) is 0. The van der Waals surface area contributed by atoms with Gasteiger partial charge in [-0.15, -0.1) is 0 Å². The second-order valence-electron chi connectivity index (χ2n) is 3.41. The highest BCUT2D eigenvalue weighted by atomic mass is 16.6. The van der Waals surface area contributed by atoms with Gasteiger partial charge in [-0.1, -0.05) is 11.2 Å². The molecule has 0 saturated carbocycles. The van der Waals surface area contributed by atoms with Crippen LogP contribution >= 0.6 is 0 Å². The predicted octanol–water partition coefficient (Wildman–Crippen LogP) is 2.26. The minimum Gasteiger partial charge on any atom is -0.507 e. The van der Waals surface area contributed by atoms with Crippen LogP contribution in [0.2, 0.25) is 0 Å². The van der Waals surface area contributed by atoms with E-state index in [2.05, 4.69) is 5.16 Å². The smallest absolute Gasteiger partial charge is 0.270 e. The monoisotopic (exact) mass is 232 g/mol. The van der Waals surface area contributed by atoms with Crippen LogP contribution in [0.3, 0.4) is 0 Å². The van der Waals surface area contributed by atoms with Gasteiger partial charge in [-0.25, -0.2) is 0 Å². The molecule has 0 fully saturated rings. The number of phenolic OH excluding ortho intramolecular Hbond substituents is 1. The van der Waals surface area contributed by atoms with Crippen molar-refractivity contribution in [3.05, 3.63) is 46.0 Å². The van der Waals surface area contributed by atoms with E-state index in [9.17, 15) is 15.2 Å². The lowest BCUT2D eigenvalue weighted by molar-refractivity contribution is -0.384. The molecule has 0 spiro atoms. The predicted molar refractivity (Wildman–Crippen MR) is 61.6 cm³/mol. The van der Waals surface area contributed by atoms with Crippen molar-refractivity contribution in [3.63, 3.8) is 0 Å². The molecule has 2 rings (SSSR count). The summed E-state index contributed by atoms with van der Waals surface area (Å²) in [5.74, 6) is -0.0517. The van der Waals surface area contributed by atoms with Gasteiger partial charge in [-0.2, -0.15) is 0 Å². The molecule has 0 aliphatic heterocycles. The van der Waals surface area contributed by atoms with E-state index in [1.807, 2.05) is 0 Å². The Morgan fingerprint density at radius 1 is 1.29 bits per heavy atom. The van der Waals surface area contributed by atoms with E-state index in [0.29, 0.717) is 16.3 Å². The van der Waals surface area contributed by atoms with Gasteiger partial charge in [0.2, 0.25) is 0 Å². The summed E-state index contributed by atoms with van der Waals surface area (Å²) in [7, 11) is 0. The molecular formula is C11H8N2O4. The number of phenols is 1. The lowest BCUT2D eigenvalue weighted by Crippen LogP contribution is -1.90. The fourth-order valence-corrected chi connectivity index (χ4v) is 1.64. The minimum atomic E-state index is -0.494. The molecule has 0 unspecified atom stereocenters. The molecule has 2 aromatic rings. The average Bonchev–Trinajstić information content (AvgIpc) is 2.32. The van der Waals surface area contributed by atoms with E-state index >= 15 is 0 Å². The van der Waals surface area contributed by atoms with Crippen LogP contribution in [0.1, 0.15) is 5.56 Å². The number of non-ortho nitro benzene ring substituents is 1. The fourth-order valence-electron chi connectivity index (χ4n) is 1.64. The number of fused-ring (bicyclic) bond motifs is 1. The second-order valence-corrected chi connectivity index (χ2v) is 3.41. The van der Waals surface area contributed by atoms with Gasteiger partial charge < -0.3 is 10.3 Å². The van der Waals surface area contributed by atoms with Crippen LogP contribution < -0.4 is 0 Å². The Morgan fingerprint density at radius 3 is 2.71 bits per heavy atom. The lowest BCUT2D eigenvalue weighted by atomic mass is 10.0. The summed E-state index contributed by atoms with van der Waals surface area (Å²) in [4.78, 5) is 10.1. The van der Waals surface area contributed by atoms with E-state index < -0.39 is 4.92 Å². The Morgan fingerprint density at radius 2 is 2.06 bits per heavy atom. The molecule has 0 atom stereocenters. The summed E-state index contributed by atoms with van der Waals surface area (Å²) in [6.07, 6.45) is 1.09. The van der Waals surface area contributed by atoms with Gasteiger partial charge in [0, 0.05) is 17.7 Å². The molecule has 0 saturated heterocycles. The van der Waals surface area contributed by atoms with Crippen molar-refractivity contribution >= 4 is 22.7 Å². The number of nitrogens with zero attached hydrogens (tertiary/aromatic N) is 2. The van der Waals surface area contributed by atoms with Gasteiger partial charge in [-0.3, -0.25) is 10.1 Å². The highest BCUT2D eigenvalue weighted by molar-refractivity contribution is 6.02. The molecule has 0 aromatic heterocycles. The van der Waals surface area contributed by atoms with E-state index in [-0.39, 0.29) is 11.4 Å². The van der Waals surface area contributed by atoms with Crippen LogP contribution in [0.15, 0.2) is 35.5 Å². The van der Waals surface area contributed by atoms with Crippen molar-refractivity contribution in [1.82, 2.24) is 0 Å². The average molecular weight is 232 g/mol. The molecule has 0 aliphatic carbocycles. The van der Waals surface area contributed by atoms with Crippen molar-refractivity contribution in [2.45, 2.75) is 0 Å². The molecule has 17 heavy (non-hydrogen) atoms. The SMILES string of the molecule is O=[N+]([O-])c1ccc2c(/C=N/O)c(O)ccc2c1. The van der Waals surface area contributed by atoms with Gasteiger partial charge >= 0.3 is 0 Å². The Balaban J connectivity index is 2.75. The number of oxime groups is 1. The molecule has 2 N–H and O–H groups in total. The molecule has 86 valence electrons. The Labute approximate surface area is 95.6 Å². The first-order valence-electron chi connectivity index (χ1n) is 4.71. The first-order valence-corrected chi connectivity index (χ1v) is 4.71. The van der Waals surface area contributed by atoms with Crippen molar-refractivity contribution in [2.75, 3.05) is 0 Å². The standard InChI is InChI=1S/C11H8N2O4/c14-11-4-1-7-5-8(13(16)17)2-3-9(7)10(11)6-12-15/h1-6,14-15H/b12-6+. The molecule has 0 radical (unpaired) electrons.